The molecule has 0 saturated carbocycles. The van der Waals surface area contributed by atoms with Gasteiger partial charge in [-0.1, -0.05) is 32.4 Å². The summed E-state index contributed by atoms with van der Waals surface area (Å²) in [7, 11) is 0. The number of hydrogen-bond donors (Lipinski definition) is 1. The minimum atomic E-state index is -0.996. The van der Waals surface area contributed by atoms with E-state index in [1.54, 1.807) is 4.90 Å². The van der Waals surface area contributed by atoms with Crippen LogP contribution in [-0.2, 0) is 14.9 Å². The van der Waals surface area contributed by atoms with Gasteiger partial charge >= 0.3 is 0 Å². The molecular weight excluding hydrogens is 560 g/mol. The van der Waals surface area contributed by atoms with E-state index in [0.29, 0.717) is 13.0 Å². The lowest BCUT2D eigenvalue weighted by molar-refractivity contribution is -0.197. The molecule has 3 aromatic rings. The number of amides is 1. The Labute approximate surface area is 259 Å². The molecule has 8 nitrogen and oxygen atoms in total. The average Bonchev–Trinajstić information content (AvgIpc) is 3.50. The van der Waals surface area contributed by atoms with E-state index < -0.39 is 6.41 Å². The largest absolute Gasteiger partial charge is 0.494 e. The van der Waals surface area contributed by atoms with E-state index in [1.807, 2.05) is 28.4 Å². The van der Waals surface area contributed by atoms with E-state index in [0.717, 1.165) is 88.5 Å². The first-order chi connectivity index (χ1) is 20.9. The second-order valence-electron chi connectivity index (χ2n) is 12.8. The smallest absolute Gasteiger partial charge is 0.229 e. The van der Waals surface area contributed by atoms with Gasteiger partial charge in [0.15, 0.2) is 0 Å². The molecule has 2 fully saturated rings. The number of likely N-dealkylation sites (tertiary alicyclic amines) is 1. The van der Waals surface area contributed by atoms with E-state index >= 15 is 0 Å². The van der Waals surface area contributed by atoms with Gasteiger partial charge in [0.25, 0.3) is 0 Å². The van der Waals surface area contributed by atoms with Crippen molar-refractivity contribution in [1.29, 1.82) is 0 Å². The van der Waals surface area contributed by atoms with Gasteiger partial charge in [0, 0.05) is 72.9 Å². The van der Waals surface area contributed by atoms with Gasteiger partial charge in [-0.05, 0) is 67.4 Å². The number of hydrogen-bond acceptors (Lipinski definition) is 8. The molecular formula is C34H46N4O4S. The minimum absolute atomic E-state index is 0.00703. The molecule has 9 heteroatoms. The second-order valence-corrected chi connectivity index (χ2v) is 13.7. The summed E-state index contributed by atoms with van der Waals surface area (Å²) in [4.78, 5) is 21.9. The Morgan fingerprint density at radius 2 is 1.77 bits per heavy atom. The number of carbonyl (C=O) groups is 1. The lowest BCUT2D eigenvalue weighted by Crippen LogP contribution is -2.47. The number of benzene rings is 2. The molecule has 4 heterocycles. The zero-order valence-corrected chi connectivity index (χ0v) is 26.5. The average molecular weight is 607 g/mol. The van der Waals surface area contributed by atoms with Gasteiger partial charge in [0.2, 0.25) is 12.3 Å². The fourth-order valence-corrected chi connectivity index (χ4v) is 7.53. The number of thiophene rings is 1. The van der Waals surface area contributed by atoms with Gasteiger partial charge in [-0.3, -0.25) is 19.5 Å². The highest BCUT2D eigenvalue weighted by atomic mass is 32.1. The van der Waals surface area contributed by atoms with Gasteiger partial charge < -0.3 is 19.5 Å². The monoisotopic (exact) mass is 606 g/mol. The van der Waals surface area contributed by atoms with Gasteiger partial charge in [0.1, 0.15) is 12.5 Å². The SMILES string of the molecule is CC1(C)CC(=O)N(COC(O)N2CCCCC2)c2cc(OCCCCN3CCN(c4cccc5sccc45)CC3)ccc21. The highest BCUT2D eigenvalue weighted by molar-refractivity contribution is 7.17. The van der Waals surface area contributed by atoms with Crippen LogP contribution in [0, 0.1) is 0 Å². The van der Waals surface area contributed by atoms with Crippen LogP contribution in [0.5, 0.6) is 5.75 Å². The maximum atomic E-state index is 13.2. The van der Waals surface area contributed by atoms with E-state index in [1.165, 1.54) is 22.2 Å². The number of fused-ring (bicyclic) bond motifs is 2. The van der Waals surface area contributed by atoms with Gasteiger partial charge in [-0.25, -0.2) is 0 Å². The quantitative estimate of drug-likeness (QED) is 0.224. The normalized spacial score (nSPS) is 20.4. The number of nitrogens with zero attached hydrogens (tertiary/aromatic N) is 4. The first-order valence-corrected chi connectivity index (χ1v) is 16.8. The van der Waals surface area contributed by atoms with Crippen molar-refractivity contribution in [2.24, 2.45) is 0 Å². The number of carbonyl (C=O) groups excluding carboxylic acids is 1. The lowest BCUT2D eigenvalue weighted by atomic mass is 9.77. The van der Waals surface area contributed by atoms with Crippen molar-refractivity contribution >= 4 is 38.7 Å². The van der Waals surface area contributed by atoms with Crippen molar-refractivity contribution in [3.8, 4) is 5.75 Å². The molecule has 1 unspecified atom stereocenters. The predicted molar refractivity (Wildman–Crippen MR) is 174 cm³/mol. The minimum Gasteiger partial charge on any atom is -0.494 e. The van der Waals surface area contributed by atoms with Crippen LogP contribution < -0.4 is 14.5 Å². The molecule has 43 heavy (non-hydrogen) atoms. The van der Waals surface area contributed by atoms with E-state index in [2.05, 4.69) is 59.4 Å². The van der Waals surface area contributed by atoms with Crippen LogP contribution in [0.25, 0.3) is 10.1 Å². The molecule has 232 valence electrons. The van der Waals surface area contributed by atoms with Gasteiger partial charge in [-0.15, -0.1) is 11.3 Å². The van der Waals surface area contributed by atoms with Crippen molar-refractivity contribution in [2.45, 2.75) is 64.2 Å². The number of ether oxygens (including phenoxy) is 2. The van der Waals surface area contributed by atoms with E-state index in [4.69, 9.17) is 9.47 Å². The molecule has 2 aromatic carbocycles. The predicted octanol–water partition coefficient (Wildman–Crippen LogP) is 5.63. The number of anilines is 2. The van der Waals surface area contributed by atoms with E-state index in [-0.39, 0.29) is 18.1 Å². The summed E-state index contributed by atoms with van der Waals surface area (Å²) in [5, 5.41) is 14.1. The Morgan fingerprint density at radius 1 is 0.953 bits per heavy atom. The molecule has 0 bridgehead atoms. The summed E-state index contributed by atoms with van der Waals surface area (Å²) in [6.07, 6.45) is 4.78. The van der Waals surface area contributed by atoms with Crippen molar-refractivity contribution < 1.29 is 19.4 Å². The summed E-state index contributed by atoms with van der Waals surface area (Å²) in [6.45, 7) is 11.9. The van der Waals surface area contributed by atoms with Crippen LogP contribution in [-0.4, -0.2) is 86.4 Å². The fraction of sp³-hybridized carbons (Fsp3) is 0.559. The Balaban J connectivity index is 0.978. The van der Waals surface area contributed by atoms with Crippen LogP contribution >= 0.6 is 11.3 Å². The molecule has 3 aliphatic heterocycles. The van der Waals surface area contributed by atoms with Crippen molar-refractivity contribution in [3.05, 3.63) is 53.4 Å². The standard InChI is InChI=1S/C34H46N4O4S/c1-34(2)24-32(39)38(25-42-33(40)37-15-4-3-5-16-37)30-23-26(11-12-28(30)34)41-21-7-6-14-35-17-19-36(20-18-35)29-9-8-10-31-27(29)13-22-43-31/h8-13,22-23,33,40H,3-7,14-21,24-25H2,1-2H3. The highest BCUT2D eigenvalue weighted by Gasteiger charge is 2.37. The van der Waals surface area contributed by atoms with Gasteiger partial charge in [-0.2, -0.15) is 0 Å². The molecule has 2 saturated heterocycles. The van der Waals surface area contributed by atoms with Crippen LogP contribution in [0.4, 0.5) is 11.4 Å². The molecule has 0 spiro atoms. The Morgan fingerprint density at radius 3 is 2.58 bits per heavy atom. The molecule has 0 radical (unpaired) electrons. The number of piperazine rings is 1. The summed E-state index contributed by atoms with van der Waals surface area (Å²) >= 11 is 1.81. The first kappa shape index (κ1) is 30.3. The molecule has 1 N–H and O–H groups in total. The fourth-order valence-electron chi connectivity index (χ4n) is 6.72. The third kappa shape index (κ3) is 7.02. The van der Waals surface area contributed by atoms with Crippen molar-refractivity contribution in [3.63, 3.8) is 0 Å². The Hall–Kier alpha value is -2.69. The molecule has 1 amide bonds. The topological polar surface area (TPSA) is 68.7 Å². The van der Waals surface area contributed by atoms with Crippen LogP contribution in [0.2, 0.25) is 0 Å². The number of unbranched alkanes of at least 4 members (excludes halogenated alkanes) is 1. The maximum absolute atomic E-state index is 13.2. The van der Waals surface area contributed by atoms with Gasteiger partial charge in [0.05, 0.1) is 12.3 Å². The zero-order valence-electron chi connectivity index (χ0n) is 25.7. The van der Waals surface area contributed by atoms with Crippen molar-refractivity contribution in [2.75, 3.05) is 69.0 Å². The van der Waals surface area contributed by atoms with Crippen LogP contribution in [0.3, 0.4) is 0 Å². The zero-order chi connectivity index (χ0) is 29.8. The summed E-state index contributed by atoms with van der Waals surface area (Å²) < 4.78 is 13.4. The van der Waals surface area contributed by atoms with Crippen LogP contribution in [0.15, 0.2) is 47.8 Å². The third-order valence-electron chi connectivity index (χ3n) is 9.26. The summed E-state index contributed by atoms with van der Waals surface area (Å²) in [5.41, 5.74) is 3.02. The van der Waals surface area contributed by atoms with Crippen LogP contribution in [0.1, 0.15) is 57.9 Å². The lowest BCUT2D eigenvalue weighted by Gasteiger charge is -2.39. The molecule has 1 aromatic heterocycles. The summed E-state index contributed by atoms with van der Waals surface area (Å²) in [6, 6.07) is 15.0. The Bertz CT molecular complexity index is 1380. The van der Waals surface area contributed by atoms with E-state index in [9.17, 15) is 9.90 Å². The molecule has 1 atom stereocenters. The molecule has 0 aliphatic carbocycles. The number of aliphatic hydroxyl groups is 1. The number of aliphatic hydroxyl groups excluding tert-OH is 1. The maximum Gasteiger partial charge on any atom is 0.229 e. The Kier molecular flexibility index (Phi) is 9.54. The molecule has 6 rings (SSSR count). The highest BCUT2D eigenvalue weighted by Crippen LogP contribution is 2.42. The van der Waals surface area contributed by atoms with Crippen molar-refractivity contribution in [1.82, 2.24) is 9.80 Å². The second kappa shape index (κ2) is 13.5. The third-order valence-corrected chi connectivity index (χ3v) is 10.1. The number of piperidine rings is 1. The number of rotatable bonds is 11. The summed E-state index contributed by atoms with van der Waals surface area (Å²) in [5.74, 6) is 0.773. The first-order valence-electron chi connectivity index (χ1n) is 15.9. The molecule has 3 aliphatic rings.